The lowest BCUT2D eigenvalue weighted by Gasteiger charge is -2.00. The molecule has 2 aromatic rings. The monoisotopic (exact) mass is 220 g/mol. The fourth-order valence-corrected chi connectivity index (χ4v) is 1.41. The third-order valence-electron chi connectivity index (χ3n) is 2.13. The zero-order chi connectivity index (χ0) is 10.8. The molecule has 3 nitrogen and oxygen atoms in total. The Bertz CT molecular complexity index is 468. The van der Waals surface area contributed by atoms with E-state index in [-0.39, 0.29) is 0 Å². The number of aryl methyl sites for hydroxylation is 1. The molecule has 76 valence electrons. The minimum absolute atomic E-state index is 0.634. The molecule has 0 amide bonds. The van der Waals surface area contributed by atoms with E-state index in [0.717, 1.165) is 17.7 Å². The highest BCUT2D eigenvalue weighted by molar-refractivity contribution is 6.31. The van der Waals surface area contributed by atoms with Gasteiger partial charge in [-0.25, -0.2) is 4.68 Å². The summed E-state index contributed by atoms with van der Waals surface area (Å²) in [5.74, 6) is 0. The van der Waals surface area contributed by atoms with E-state index in [1.807, 2.05) is 19.1 Å². The molecule has 0 spiro atoms. The summed E-state index contributed by atoms with van der Waals surface area (Å²) in [5, 5.41) is 4.87. The first kappa shape index (κ1) is 9.93. The quantitative estimate of drug-likeness (QED) is 0.730. The van der Waals surface area contributed by atoms with E-state index in [0.29, 0.717) is 10.6 Å². The topological polar surface area (TPSA) is 34.9 Å². The first-order valence-electron chi connectivity index (χ1n) is 4.48. The molecule has 15 heavy (non-hydrogen) atoms. The third kappa shape index (κ3) is 1.92. The standard InChI is InChI=1S/C11H9ClN2O/c1-8-11(12)6-14(13-8)10-4-2-9(7-15)3-5-10/h2-7H,1H3. The van der Waals surface area contributed by atoms with Crippen molar-refractivity contribution in [3.05, 3.63) is 46.7 Å². The Morgan fingerprint density at radius 3 is 2.47 bits per heavy atom. The van der Waals surface area contributed by atoms with Gasteiger partial charge in [0.2, 0.25) is 0 Å². The lowest BCUT2D eigenvalue weighted by Crippen LogP contribution is -1.94. The summed E-state index contributed by atoms with van der Waals surface area (Å²) in [7, 11) is 0. The maximum atomic E-state index is 10.5. The van der Waals surface area contributed by atoms with Gasteiger partial charge in [0.1, 0.15) is 6.29 Å². The summed E-state index contributed by atoms with van der Waals surface area (Å²) in [5.41, 5.74) is 2.32. The molecule has 0 radical (unpaired) electrons. The molecule has 0 bridgehead atoms. The Hall–Kier alpha value is -1.61. The first-order valence-corrected chi connectivity index (χ1v) is 4.86. The SMILES string of the molecule is Cc1nn(-c2ccc(C=O)cc2)cc1Cl. The lowest BCUT2D eigenvalue weighted by atomic mass is 10.2. The summed E-state index contributed by atoms with van der Waals surface area (Å²) in [4.78, 5) is 10.5. The second-order valence-corrected chi connectivity index (χ2v) is 3.62. The molecule has 0 unspecified atom stereocenters. The van der Waals surface area contributed by atoms with Crippen LogP contribution in [0.3, 0.4) is 0 Å². The van der Waals surface area contributed by atoms with Crippen LogP contribution in [0.2, 0.25) is 5.02 Å². The van der Waals surface area contributed by atoms with Crippen LogP contribution in [-0.4, -0.2) is 16.1 Å². The van der Waals surface area contributed by atoms with Crippen LogP contribution >= 0.6 is 11.6 Å². The number of aldehydes is 1. The molecule has 0 fully saturated rings. The second kappa shape index (κ2) is 3.87. The average molecular weight is 221 g/mol. The van der Waals surface area contributed by atoms with Gasteiger partial charge in [0.05, 0.1) is 16.4 Å². The molecule has 1 aromatic carbocycles. The first-order chi connectivity index (χ1) is 7.20. The van der Waals surface area contributed by atoms with Crippen LogP contribution in [-0.2, 0) is 0 Å². The molecule has 0 saturated heterocycles. The molecule has 2 rings (SSSR count). The Balaban J connectivity index is 2.41. The van der Waals surface area contributed by atoms with Gasteiger partial charge in [0, 0.05) is 11.8 Å². The number of rotatable bonds is 2. The van der Waals surface area contributed by atoms with Gasteiger partial charge in [-0.2, -0.15) is 5.10 Å². The van der Waals surface area contributed by atoms with Crippen molar-refractivity contribution in [1.29, 1.82) is 0 Å². The van der Waals surface area contributed by atoms with E-state index in [2.05, 4.69) is 5.10 Å². The van der Waals surface area contributed by atoms with Gasteiger partial charge in [0.15, 0.2) is 0 Å². The lowest BCUT2D eigenvalue weighted by molar-refractivity contribution is 0.112. The van der Waals surface area contributed by atoms with Crippen LogP contribution in [0.5, 0.6) is 0 Å². The summed E-state index contributed by atoms with van der Waals surface area (Å²) >= 11 is 5.90. The van der Waals surface area contributed by atoms with Crippen molar-refractivity contribution in [3.8, 4) is 5.69 Å². The molecule has 1 heterocycles. The van der Waals surface area contributed by atoms with Crippen molar-refractivity contribution in [2.75, 3.05) is 0 Å². The van der Waals surface area contributed by atoms with Crippen LogP contribution < -0.4 is 0 Å². The Morgan fingerprint density at radius 2 is 2.00 bits per heavy atom. The van der Waals surface area contributed by atoms with Gasteiger partial charge >= 0.3 is 0 Å². The largest absolute Gasteiger partial charge is 0.298 e. The highest BCUT2D eigenvalue weighted by Gasteiger charge is 2.03. The fraction of sp³-hybridized carbons (Fsp3) is 0.0909. The number of nitrogens with zero attached hydrogens (tertiary/aromatic N) is 2. The molecule has 0 aliphatic carbocycles. The van der Waals surface area contributed by atoms with Crippen molar-refractivity contribution in [2.24, 2.45) is 0 Å². The molecule has 0 atom stereocenters. The highest BCUT2D eigenvalue weighted by atomic mass is 35.5. The summed E-state index contributed by atoms with van der Waals surface area (Å²) in [6.07, 6.45) is 2.55. The van der Waals surface area contributed by atoms with E-state index in [1.54, 1.807) is 23.0 Å². The Kier molecular flexibility index (Phi) is 2.56. The Labute approximate surface area is 92.3 Å². The van der Waals surface area contributed by atoms with Crippen LogP contribution in [0, 0.1) is 6.92 Å². The smallest absolute Gasteiger partial charge is 0.150 e. The van der Waals surface area contributed by atoms with Crippen LogP contribution in [0.25, 0.3) is 5.69 Å². The van der Waals surface area contributed by atoms with E-state index >= 15 is 0 Å². The predicted octanol–water partition coefficient (Wildman–Crippen LogP) is 2.65. The van der Waals surface area contributed by atoms with Gasteiger partial charge in [-0.05, 0) is 31.2 Å². The Morgan fingerprint density at radius 1 is 1.33 bits per heavy atom. The highest BCUT2D eigenvalue weighted by Crippen LogP contribution is 2.16. The van der Waals surface area contributed by atoms with Gasteiger partial charge in [-0.3, -0.25) is 4.79 Å². The molecular formula is C11H9ClN2O. The molecule has 0 aliphatic rings. The van der Waals surface area contributed by atoms with Crippen LogP contribution in [0.15, 0.2) is 30.5 Å². The number of carbonyl (C=O) groups excluding carboxylic acids is 1. The van der Waals surface area contributed by atoms with Crippen molar-refractivity contribution in [2.45, 2.75) is 6.92 Å². The van der Waals surface area contributed by atoms with E-state index in [1.165, 1.54) is 0 Å². The number of aromatic nitrogens is 2. The van der Waals surface area contributed by atoms with Gasteiger partial charge < -0.3 is 0 Å². The van der Waals surface area contributed by atoms with E-state index in [4.69, 9.17) is 11.6 Å². The maximum absolute atomic E-state index is 10.5. The van der Waals surface area contributed by atoms with Crippen molar-refractivity contribution in [3.63, 3.8) is 0 Å². The number of benzene rings is 1. The zero-order valence-corrected chi connectivity index (χ0v) is 8.90. The minimum atomic E-state index is 0.634. The normalized spacial score (nSPS) is 10.3. The average Bonchev–Trinajstić information content (AvgIpc) is 2.59. The van der Waals surface area contributed by atoms with Gasteiger partial charge in [-0.15, -0.1) is 0 Å². The fourth-order valence-electron chi connectivity index (χ4n) is 1.28. The molecule has 0 saturated carbocycles. The number of hydrogen-bond donors (Lipinski definition) is 0. The van der Waals surface area contributed by atoms with Gasteiger partial charge in [-0.1, -0.05) is 11.6 Å². The molecule has 0 aliphatic heterocycles. The van der Waals surface area contributed by atoms with Crippen molar-refractivity contribution < 1.29 is 4.79 Å². The molecule has 4 heteroatoms. The summed E-state index contributed by atoms with van der Waals surface area (Å²) in [6.45, 7) is 1.85. The van der Waals surface area contributed by atoms with E-state index in [9.17, 15) is 4.79 Å². The molecule has 1 aromatic heterocycles. The number of halogens is 1. The number of hydrogen-bond acceptors (Lipinski definition) is 2. The second-order valence-electron chi connectivity index (χ2n) is 3.22. The molecular weight excluding hydrogens is 212 g/mol. The number of carbonyl (C=O) groups is 1. The summed E-state index contributed by atoms with van der Waals surface area (Å²) < 4.78 is 1.69. The van der Waals surface area contributed by atoms with Crippen molar-refractivity contribution in [1.82, 2.24) is 9.78 Å². The van der Waals surface area contributed by atoms with Gasteiger partial charge in [0.25, 0.3) is 0 Å². The van der Waals surface area contributed by atoms with E-state index < -0.39 is 0 Å². The van der Waals surface area contributed by atoms with Crippen LogP contribution in [0.1, 0.15) is 16.1 Å². The third-order valence-corrected chi connectivity index (χ3v) is 2.50. The minimum Gasteiger partial charge on any atom is -0.298 e. The maximum Gasteiger partial charge on any atom is 0.150 e. The van der Waals surface area contributed by atoms with Crippen LogP contribution in [0.4, 0.5) is 0 Å². The summed E-state index contributed by atoms with van der Waals surface area (Å²) in [6, 6.07) is 7.14. The van der Waals surface area contributed by atoms with Crippen molar-refractivity contribution >= 4 is 17.9 Å². The predicted molar refractivity (Wildman–Crippen MR) is 58.7 cm³/mol. The molecule has 0 N–H and O–H groups in total. The zero-order valence-electron chi connectivity index (χ0n) is 8.14.